The lowest BCUT2D eigenvalue weighted by Crippen LogP contribution is -2.46. The molecule has 6 nitrogen and oxygen atoms in total. The van der Waals surface area contributed by atoms with Crippen molar-refractivity contribution >= 4 is 12.0 Å². The molecule has 0 aromatic heterocycles. The molecule has 2 rings (SSSR count). The maximum atomic E-state index is 13.6. The summed E-state index contributed by atoms with van der Waals surface area (Å²) in [5.74, 6) is -1.11. The molecular formula is C22H33F2N3O3. The number of hydrogen-bond acceptors (Lipinski definition) is 4. The summed E-state index contributed by atoms with van der Waals surface area (Å²) in [7, 11) is 1.72. The smallest absolute Gasteiger partial charge is 0.410 e. The van der Waals surface area contributed by atoms with E-state index < -0.39 is 17.2 Å². The van der Waals surface area contributed by atoms with Crippen molar-refractivity contribution in [1.29, 1.82) is 0 Å². The molecule has 1 fully saturated rings. The number of halogens is 2. The van der Waals surface area contributed by atoms with Crippen LogP contribution in [0.15, 0.2) is 18.2 Å². The zero-order valence-electron chi connectivity index (χ0n) is 18.3. The summed E-state index contributed by atoms with van der Waals surface area (Å²) in [5.41, 5.74) is -0.547. The van der Waals surface area contributed by atoms with Gasteiger partial charge >= 0.3 is 6.09 Å². The summed E-state index contributed by atoms with van der Waals surface area (Å²) in [4.78, 5) is 28.0. The van der Waals surface area contributed by atoms with Crippen LogP contribution in [0.3, 0.4) is 0 Å². The lowest BCUT2D eigenvalue weighted by molar-refractivity contribution is -0.122. The average molecular weight is 426 g/mol. The minimum Gasteiger partial charge on any atom is -0.444 e. The Morgan fingerprint density at radius 3 is 2.57 bits per heavy atom. The molecule has 1 aromatic rings. The van der Waals surface area contributed by atoms with Gasteiger partial charge in [-0.05, 0) is 64.6 Å². The molecule has 1 atom stereocenters. The molecule has 2 amide bonds. The van der Waals surface area contributed by atoms with Gasteiger partial charge in [-0.1, -0.05) is 6.07 Å². The van der Waals surface area contributed by atoms with Gasteiger partial charge in [-0.15, -0.1) is 0 Å². The Kier molecular flexibility index (Phi) is 8.58. The minimum absolute atomic E-state index is 0.0129. The highest BCUT2D eigenvalue weighted by Gasteiger charge is 2.26. The van der Waals surface area contributed by atoms with Crippen molar-refractivity contribution < 1.29 is 23.1 Å². The topological polar surface area (TPSA) is 61.9 Å². The first-order chi connectivity index (χ1) is 14.0. The number of carbonyl (C=O) groups excluding carboxylic acids is 2. The van der Waals surface area contributed by atoms with E-state index in [0.717, 1.165) is 19.4 Å². The van der Waals surface area contributed by atoms with Crippen LogP contribution in [-0.2, 0) is 16.0 Å². The fourth-order valence-corrected chi connectivity index (χ4v) is 3.60. The molecule has 8 heteroatoms. The van der Waals surface area contributed by atoms with Gasteiger partial charge in [0.25, 0.3) is 0 Å². The highest BCUT2D eigenvalue weighted by molar-refractivity contribution is 5.78. The summed E-state index contributed by atoms with van der Waals surface area (Å²) in [5, 5.41) is 2.73. The van der Waals surface area contributed by atoms with E-state index in [0.29, 0.717) is 13.1 Å². The van der Waals surface area contributed by atoms with Crippen LogP contribution in [-0.4, -0.2) is 67.2 Å². The molecule has 1 unspecified atom stereocenters. The molecule has 1 aliphatic heterocycles. The van der Waals surface area contributed by atoms with Crippen LogP contribution in [0.4, 0.5) is 13.6 Å². The molecule has 1 aromatic carbocycles. The number of ether oxygens (including phenoxy) is 1. The first-order valence-corrected chi connectivity index (χ1v) is 10.4. The monoisotopic (exact) mass is 425 g/mol. The van der Waals surface area contributed by atoms with Crippen molar-refractivity contribution in [3.05, 3.63) is 35.4 Å². The molecule has 1 heterocycles. The zero-order chi connectivity index (χ0) is 22.3. The Balaban J connectivity index is 1.75. The molecule has 0 saturated carbocycles. The fourth-order valence-electron chi connectivity index (χ4n) is 3.60. The molecule has 0 aliphatic carbocycles. The first-order valence-electron chi connectivity index (χ1n) is 10.4. The number of carbonyl (C=O) groups is 2. The standard InChI is InChI=1S/C22H33F2N3O3/c1-22(2,3)30-21(29)26(4)13-16-7-6-12-27(14-16)15-20(28)25-11-10-17-18(23)8-5-9-19(17)24/h5,8-9,16H,6-7,10-15H2,1-4H3,(H,25,28). The number of rotatable bonds is 7. The van der Waals surface area contributed by atoms with E-state index in [9.17, 15) is 18.4 Å². The van der Waals surface area contributed by atoms with Crippen molar-refractivity contribution in [3.63, 3.8) is 0 Å². The first kappa shape index (κ1) is 24.1. The van der Waals surface area contributed by atoms with Gasteiger partial charge < -0.3 is 15.0 Å². The molecule has 30 heavy (non-hydrogen) atoms. The SMILES string of the molecule is CN(CC1CCCN(CC(=O)NCCc2c(F)cccc2F)C1)C(=O)OC(C)(C)C. The largest absolute Gasteiger partial charge is 0.444 e. The molecule has 0 bridgehead atoms. The molecule has 1 aliphatic rings. The Hall–Kier alpha value is -2.22. The Labute approximate surface area is 177 Å². The fraction of sp³-hybridized carbons (Fsp3) is 0.636. The normalized spacial score (nSPS) is 17.5. The third kappa shape index (κ3) is 7.89. The maximum Gasteiger partial charge on any atom is 0.410 e. The van der Waals surface area contributed by atoms with Crippen LogP contribution >= 0.6 is 0 Å². The Bertz CT molecular complexity index is 717. The third-order valence-corrected chi connectivity index (χ3v) is 4.97. The number of nitrogens with zero attached hydrogens (tertiary/aromatic N) is 2. The Morgan fingerprint density at radius 2 is 1.93 bits per heavy atom. The van der Waals surface area contributed by atoms with Crippen LogP contribution in [0.2, 0.25) is 0 Å². The second-order valence-corrected chi connectivity index (χ2v) is 8.90. The highest BCUT2D eigenvalue weighted by atomic mass is 19.1. The van der Waals surface area contributed by atoms with Gasteiger partial charge in [0.1, 0.15) is 17.2 Å². The summed E-state index contributed by atoms with van der Waals surface area (Å²) in [6, 6.07) is 3.74. The number of piperidine rings is 1. The van der Waals surface area contributed by atoms with E-state index in [1.807, 2.05) is 20.8 Å². The second kappa shape index (κ2) is 10.7. The van der Waals surface area contributed by atoms with Gasteiger partial charge in [0, 0.05) is 32.2 Å². The van der Waals surface area contributed by atoms with E-state index >= 15 is 0 Å². The molecule has 1 N–H and O–H groups in total. The quantitative estimate of drug-likeness (QED) is 0.729. The van der Waals surface area contributed by atoms with Gasteiger partial charge in [0.15, 0.2) is 0 Å². The van der Waals surface area contributed by atoms with Crippen molar-refractivity contribution in [1.82, 2.24) is 15.1 Å². The van der Waals surface area contributed by atoms with Crippen molar-refractivity contribution in [2.75, 3.05) is 39.8 Å². The molecule has 0 radical (unpaired) electrons. The van der Waals surface area contributed by atoms with Gasteiger partial charge in [-0.3, -0.25) is 9.69 Å². The van der Waals surface area contributed by atoms with E-state index in [-0.39, 0.29) is 43.0 Å². The van der Waals surface area contributed by atoms with Crippen LogP contribution in [0.25, 0.3) is 0 Å². The van der Waals surface area contributed by atoms with Crippen molar-refractivity contribution in [2.24, 2.45) is 5.92 Å². The molecule has 1 saturated heterocycles. The number of benzene rings is 1. The molecular weight excluding hydrogens is 392 g/mol. The third-order valence-electron chi connectivity index (χ3n) is 4.97. The van der Waals surface area contributed by atoms with Gasteiger partial charge in [-0.25, -0.2) is 13.6 Å². The summed E-state index contributed by atoms with van der Waals surface area (Å²) < 4.78 is 32.7. The molecule has 0 spiro atoms. The second-order valence-electron chi connectivity index (χ2n) is 8.90. The van der Waals surface area contributed by atoms with E-state index in [4.69, 9.17) is 4.74 Å². The lowest BCUT2D eigenvalue weighted by atomic mass is 9.97. The van der Waals surface area contributed by atoms with Gasteiger partial charge in [0.05, 0.1) is 6.54 Å². The number of likely N-dealkylation sites (tertiary alicyclic amines) is 1. The van der Waals surface area contributed by atoms with E-state index in [2.05, 4.69) is 10.2 Å². The van der Waals surface area contributed by atoms with Crippen molar-refractivity contribution in [3.8, 4) is 0 Å². The number of nitrogens with one attached hydrogen (secondary N) is 1. The zero-order valence-corrected chi connectivity index (χ0v) is 18.3. The maximum absolute atomic E-state index is 13.6. The average Bonchev–Trinajstić information content (AvgIpc) is 2.63. The predicted octanol–water partition coefficient (Wildman–Crippen LogP) is 3.20. The van der Waals surface area contributed by atoms with Gasteiger partial charge in [0.2, 0.25) is 5.91 Å². The van der Waals surface area contributed by atoms with Crippen LogP contribution < -0.4 is 5.32 Å². The lowest BCUT2D eigenvalue weighted by Gasteiger charge is -2.34. The molecule has 168 valence electrons. The van der Waals surface area contributed by atoms with Gasteiger partial charge in [-0.2, -0.15) is 0 Å². The van der Waals surface area contributed by atoms with Crippen LogP contribution in [0, 0.1) is 17.6 Å². The van der Waals surface area contributed by atoms with Crippen molar-refractivity contribution in [2.45, 2.75) is 45.6 Å². The summed E-state index contributed by atoms with van der Waals surface area (Å²) in [6.45, 7) is 7.99. The number of hydrogen-bond donors (Lipinski definition) is 1. The summed E-state index contributed by atoms with van der Waals surface area (Å²) in [6.07, 6.45) is 1.68. The summed E-state index contributed by atoms with van der Waals surface area (Å²) >= 11 is 0. The van der Waals surface area contributed by atoms with E-state index in [1.54, 1.807) is 11.9 Å². The van der Waals surface area contributed by atoms with E-state index in [1.165, 1.54) is 18.2 Å². The highest BCUT2D eigenvalue weighted by Crippen LogP contribution is 2.18. The predicted molar refractivity (Wildman–Crippen MR) is 111 cm³/mol. The minimum atomic E-state index is -0.600. The Morgan fingerprint density at radius 1 is 1.27 bits per heavy atom. The van der Waals surface area contributed by atoms with Crippen LogP contribution in [0.1, 0.15) is 39.2 Å². The number of amides is 2. The van der Waals surface area contributed by atoms with Crippen LogP contribution in [0.5, 0.6) is 0 Å².